The Morgan fingerprint density at radius 1 is 1.17 bits per heavy atom. The topological polar surface area (TPSA) is 42.5 Å². The molecular formula is C18H18N4S. The van der Waals surface area contributed by atoms with Crippen molar-refractivity contribution in [2.45, 2.75) is 33.1 Å². The van der Waals surface area contributed by atoms with Crippen LogP contribution in [-0.4, -0.2) is 20.3 Å². The van der Waals surface area contributed by atoms with Gasteiger partial charge >= 0.3 is 0 Å². The van der Waals surface area contributed by atoms with E-state index in [0.717, 1.165) is 42.1 Å². The van der Waals surface area contributed by atoms with E-state index in [9.17, 15) is 0 Å². The van der Waals surface area contributed by atoms with Crippen molar-refractivity contribution < 1.29 is 0 Å². The minimum Gasteiger partial charge on any atom is -0.257 e. The lowest BCUT2D eigenvalue weighted by molar-refractivity contribution is 0.841. The number of allylic oxidation sites excluding steroid dienone is 1. The number of hydrogen-bond donors (Lipinski definition) is 0. The first-order chi connectivity index (χ1) is 11.2. The molecule has 0 amide bonds. The van der Waals surface area contributed by atoms with Crippen LogP contribution in [0.15, 0.2) is 40.0 Å². The van der Waals surface area contributed by atoms with Gasteiger partial charge in [0.25, 0.3) is 0 Å². The minimum absolute atomic E-state index is 0.837. The third-order valence-corrected chi connectivity index (χ3v) is 5.03. The fourth-order valence-electron chi connectivity index (χ4n) is 2.87. The molecule has 23 heavy (non-hydrogen) atoms. The summed E-state index contributed by atoms with van der Waals surface area (Å²) in [5.74, 6) is 0.891. The molecule has 0 radical (unpaired) electrons. The second kappa shape index (κ2) is 5.74. The number of hydrogen-bond acceptors (Lipinski definition) is 4. The molecular weight excluding hydrogens is 304 g/mol. The van der Waals surface area contributed by atoms with E-state index in [1.165, 1.54) is 16.8 Å². The maximum atomic E-state index is 4.80. The van der Waals surface area contributed by atoms with Gasteiger partial charge in [-0.05, 0) is 43.3 Å². The van der Waals surface area contributed by atoms with Crippen LogP contribution in [0.5, 0.6) is 0 Å². The Hall–Kier alpha value is -2.27. The fourth-order valence-corrected chi connectivity index (χ4v) is 3.71. The van der Waals surface area contributed by atoms with E-state index in [1.54, 1.807) is 11.3 Å². The highest BCUT2D eigenvalue weighted by Gasteiger charge is 2.14. The Balaban J connectivity index is 1.47. The highest BCUT2D eigenvalue weighted by Crippen LogP contribution is 2.28. The summed E-state index contributed by atoms with van der Waals surface area (Å²) in [6.45, 7) is 4.19. The van der Waals surface area contributed by atoms with Crippen molar-refractivity contribution in [2.24, 2.45) is 4.99 Å². The zero-order valence-corrected chi connectivity index (χ0v) is 14.1. The molecule has 1 aliphatic heterocycles. The second-order valence-electron chi connectivity index (χ2n) is 5.91. The number of aryl methyl sites for hydroxylation is 3. The fraction of sp³-hybridized carbons (Fsp3) is 0.278. The van der Waals surface area contributed by atoms with Gasteiger partial charge in [0.2, 0.25) is 0 Å². The summed E-state index contributed by atoms with van der Waals surface area (Å²) >= 11 is 1.74. The molecule has 4 heterocycles. The molecule has 0 unspecified atom stereocenters. The largest absolute Gasteiger partial charge is 0.257 e. The van der Waals surface area contributed by atoms with Crippen LogP contribution in [0.2, 0.25) is 0 Å². The zero-order valence-electron chi connectivity index (χ0n) is 13.3. The number of rotatable bonds is 4. The quantitative estimate of drug-likeness (QED) is 0.721. The average Bonchev–Trinajstić information content (AvgIpc) is 3.24. The van der Waals surface area contributed by atoms with Crippen LogP contribution in [0, 0.1) is 13.8 Å². The van der Waals surface area contributed by atoms with Crippen molar-refractivity contribution >= 4 is 28.4 Å². The SMILES string of the molecule is Cc1cscc1C1=CCC(CCc2nc3cccc(C)n3n2)=N1. The van der Waals surface area contributed by atoms with E-state index in [2.05, 4.69) is 33.8 Å². The highest BCUT2D eigenvalue weighted by molar-refractivity contribution is 7.08. The molecule has 0 atom stereocenters. The van der Waals surface area contributed by atoms with Crippen LogP contribution in [-0.2, 0) is 6.42 Å². The van der Waals surface area contributed by atoms with Gasteiger partial charge in [-0.2, -0.15) is 16.4 Å². The van der Waals surface area contributed by atoms with Gasteiger partial charge in [-0.15, -0.1) is 0 Å². The molecule has 4 nitrogen and oxygen atoms in total. The molecule has 0 bridgehead atoms. The summed E-state index contributed by atoms with van der Waals surface area (Å²) in [6.07, 6.45) is 4.92. The first-order valence-electron chi connectivity index (χ1n) is 7.82. The summed E-state index contributed by atoms with van der Waals surface area (Å²) < 4.78 is 1.91. The van der Waals surface area contributed by atoms with Crippen molar-refractivity contribution in [1.82, 2.24) is 14.6 Å². The van der Waals surface area contributed by atoms with Crippen molar-refractivity contribution in [3.63, 3.8) is 0 Å². The summed E-state index contributed by atoms with van der Waals surface area (Å²) in [4.78, 5) is 9.40. The van der Waals surface area contributed by atoms with Crippen LogP contribution < -0.4 is 0 Å². The van der Waals surface area contributed by atoms with Crippen LogP contribution in [0.25, 0.3) is 11.3 Å². The molecule has 0 saturated heterocycles. The summed E-state index contributed by atoms with van der Waals surface area (Å²) in [7, 11) is 0. The third kappa shape index (κ3) is 2.72. The monoisotopic (exact) mass is 322 g/mol. The Labute approximate surface area is 139 Å². The number of thiophene rings is 1. The van der Waals surface area contributed by atoms with Crippen LogP contribution in [0.3, 0.4) is 0 Å². The van der Waals surface area contributed by atoms with E-state index in [0.29, 0.717) is 0 Å². The van der Waals surface area contributed by atoms with E-state index >= 15 is 0 Å². The van der Waals surface area contributed by atoms with Crippen LogP contribution in [0.1, 0.15) is 35.5 Å². The molecule has 3 aromatic rings. The molecule has 0 fully saturated rings. The van der Waals surface area contributed by atoms with Gasteiger partial charge in [0.15, 0.2) is 11.5 Å². The second-order valence-corrected chi connectivity index (χ2v) is 6.65. The lowest BCUT2D eigenvalue weighted by atomic mass is 10.1. The highest BCUT2D eigenvalue weighted by atomic mass is 32.1. The number of aliphatic imine (C=N–C) groups is 1. The maximum absolute atomic E-state index is 4.80. The number of aromatic nitrogens is 3. The zero-order chi connectivity index (χ0) is 15.8. The molecule has 116 valence electrons. The molecule has 0 aliphatic carbocycles. The Morgan fingerprint density at radius 2 is 2.09 bits per heavy atom. The number of nitrogens with zero attached hydrogens (tertiary/aromatic N) is 4. The van der Waals surface area contributed by atoms with Gasteiger partial charge < -0.3 is 0 Å². The van der Waals surface area contributed by atoms with E-state index in [1.807, 2.05) is 29.6 Å². The van der Waals surface area contributed by atoms with Crippen molar-refractivity contribution in [2.75, 3.05) is 0 Å². The predicted molar refractivity (Wildman–Crippen MR) is 95.1 cm³/mol. The van der Waals surface area contributed by atoms with Crippen LogP contribution >= 0.6 is 11.3 Å². The Bertz CT molecular complexity index is 930. The van der Waals surface area contributed by atoms with E-state index in [-0.39, 0.29) is 0 Å². The maximum Gasteiger partial charge on any atom is 0.155 e. The van der Waals surface area contributed by atoms with Gasteiger partial charge in [0, 0.05) is 35.2 Å². The average molecular weight is 322 g/mol. The first-order valence-corrected chi connectivity index (χ1v) is 8.76. The molecule has 1 aliphatic rings. The molecule has 3 aromatic heterocycles. The van der Waals surface area contributed by atoms with Gasteiger partial charge in [-0.25, -0.2) is 9.50 Å². The Morgan fingerprint density at radius 3 is 2.87 bits per heavy atom. The Kier molecular flexibility index (Phi) is 3.58. The third-order valence-electron chi connectivity index (χ3n) is 4.17. The lowest BCUT2D eigenvalue weighted by Gasteiger charge is -1.98. The molecule has 0 N–H and O–H groups in total. The number of pyridine rings is 1. The molecule has 0 saturated carbocycles. The van der Waals surface area contributed by atoms with Gasteiger partial charge in [0.1, 0.15) is 0 Å². The first kappa shape index (κ1) is 14.3. The lowest BCUT2D eigenvalue weighted by Crippen LogP contribution is -1.99. The molecule has 0 spiro atoms. The van der Waals surface area contributed by atoms with E-state index in [4.69, 9.17) is 4.99 Å². The van der Waals surface area contributed by atoms with Gasteiger partial charge in [-0.1, -0.05) is 12.1 Å². The van der Waals surface area contributed by atoms with Crippen molar-refractivity contribution in [3.8, 4) is 0 Å². The number of fused-ring (bicyclic) bond motifs is 1. The normalized spacial score (nSPS) is 14.3. The predicted octanol–water partition coefficient (Wildman–Crippen LogP) is 4.23. The smallest absolute Gasteiger partial charge is 0.155 e. The standard InChI is InChI=1S/C18H18N4S/c1-12-10-23-11-15(12)16-8-6-14(19-16)7-9-17-20-18-5-3-4-13(2)22(18)21-17/h3-5,8,10-11H,6-7,9H2,1-2H3. The summed E-state index contributed by atoms with van der Waals surface area (Å²) in [5, 5.41) is 8.95. The van der Waals surface area contributed by atoms with Gasteiger partial charge in [0.05, 0.1) is 5.70 Å². The van der Waals surface area contributed by atoms with Gasteiger partial charge in [-0.3, -0.25) is 4.99 Å². The van der Waals surface area contributed by atoms with Crippen molar-refractivity contribution in [3.05, 3.63) is 57.7 Å². The van der Waals surface area contributed by atoms with Crippen molar-refractivity contribution in [1.29, 1.82) is 0 Å². The van der Waals surface area contributed by atoms with E-state index < -0.39 is 0 Å². The summed E-state index contributed by atoms with van der Waals surface area (Å²) in [6, 6.07) is 6.06. The summed E-state index contributed by atoms with van der Waals surface area (Å²) in [5.41, 5.74) is 6.95. The van der Waals surface area contributed by atoms with Crippen LogP contribution in [0.4, 0.5) is 0 Å². The molecule has 4 rings (SSSR count). The molecule has 5 heteroatoms. The minimum atomic E-state index is 0.837. The molecule has 0 aromatic carbocycles.